The molecular formula is C17H16BrClO2. The van der Waals surface area contributed by atoms with E-state index in [1.54, 1.807) is 25.3 Å². The molecule has 21 heavy (non-hydrogen) atoms. The summed E-state index contributed by atoms with van der Waals surface area (Å²) in [6.45, 7) is 5.71. The maximum Gasteiger partial charge on any atom is 0.197 e. The average molecular weight is 368 g/mol. The van der Waals surface area contributed by atoms with Gasteiger partial charge in [0, 0.05) is 15.1 Å². The number of benzene rings is 2. The summed E-state index contributed by atoms with van der Waals surface area (Å²) in [5.74, 6) is 0.568. The zero-order chi connectivity index (χ0) is 15.7. The molecule has 0 atom stereocenters. The number of halogens is 2. The van der Waals surface area contributed by atoms with Crippen molar-refractivity contribution in [1.82, 2.24) is 0 Å². The molecule has 0 aliphatic carbocycles. The molecule has 4 heteroatoms. The summed E-state index contributed by atoms with van der Waals surface area (Å²) >= 11 is 9.47. The Kier molecular flexibility index (Phi) is 4.74. The van der Waals surface area contributed by atoms with Crippen molar-refractivity contribution in [3.63, 3.8) is 0 Å². The summed E-state index contributed by atoms with van der Waals surface area (Å²) < 4.78 is 6.35. The van der Waals surface area contributed by atoms with Crippen molar-refractivity contribution >= 4 is 33.3 Å². The van der Waals surface area contributed by atoms with Crippen LogP contribution in [0.4, 0.5) is 0 Å². The largest absolute Gasteiger partial charge is 0.496 e. The average Bonchev–Trinajstić information content (AvgIpc) is 2.41. The van der Waals surface area contributed by atoms with Crippen LogP contribution in [0, 0.1) is 20.8 Å². The lowest BCUT2D eigenvalue weighted by Gasteiger charge is -2.16. The highest BCUT2D eigenvalue weighted by Crippen LogP contribution is 2.34. The lowest BCUT2D eigenvalue weighted by atomic mass is 9.93. The third-order valence-electron chi connectivity index (χ3n) is 3.53. The van der Waals surface area contributed by atoms with Gasteiger partial charge in [0.1, 0.15) is 5.75 Å². The van der Waals surface area contributed by atoms with E-state index in [1.165, 1.54) is 0 Å². The minimum absolute atomic E-state index is 0.0529. The van der Waals surface area contributed by atoms with Gasteiger partial charge in [0.05, 0.1) is 12.7 Å². The number of carbonyl (C=O) groups is 1. The third-order valence-corrected chi connectivity index (χ3v) is 4.58. The van der Waals surface area contributed by atoms with Crippen LogP contribution in [0.2, 0.25) is 5.02 Å². The second-order valence-corrected chi connectivity index (χ2v) is 6.29. The normalized spacial score (nSPS) is 10.6. The van der Waals surface area contributed by atoms with Crippen LogP contribution in [0.15, 0.2) is 28.7 Å². The molecule has 0 aromatic heterocycles. The van der Waals surface area contributed by atoms with Crippen molar-refractivity contribution in [1.29, 1.82) is 0 Å². The molecule has 0 fully saturated rings. The van der Waals surface area contributed by atoms with Crippen LogP contribution in [0.3, 0.4) is 0 Å². The molecule has 2 rings (SSSR count). The van der Waals surface area contributed by atoms with Gasteiger partial charge in [-0.3, -0.25) is 4.79 Å². The molecule has 2 aromatic carbocycles. The van der Waals surface area contributed by atoms with E-state index in [0.717, 1.165) is 21.2 Å². The highest BCUT2D eigenvalue weighted by molar-refractivity contribution is 9.10. The number of methoxy groups -OCH3 is 1. The Balaban J connectivity index is 2.68. The summed E-state index contributed by atoms with van der Waals surface area (Å²) in [4.78, 5) is 12.9. The summed E-state index contributed by atoms with van der Waals surface area (Å²) in [6.07, 6.45) is 0. The van der Waals surface area contributed by atoms with E-state index in [4.69, 9.17) is 16.3 Å². The van der Waals surface area contributed by atoms with E-state index in [0.29, 0.717) is 21.9 Å². The summed E-state index contributed by atoms with van der Waals surface area (Å²) in [7, 11) is 1.58. The predicted molar refractivity (Wildman–Crippen MR) is 89.8 cm³/mol. The van der Waals surface area contributed by atoms with Crippen molar-refractivity contribution in [3.05, 3.63) is 61.6 Å². The molecule has 2 nitrogen and oxygen atoms in total. The Morgan fingerprint density at radius 3 is 2.38 bits per heavy atom. The van der Waals surface area contributed by atoms with Crippen molar-refractivity contribution in [2.45, 2.75) is 20.8 Å². The van der Waals surface area contributed by atoms with E-state index in [9.17, 15) is 4.79 Å². The number of hydrogen-bond acceptors (Lipinski definition) is 2. The summed E-state index contributed by atoms with van der Waals surface area (Å²) in [5.41, 5.74) is 3.88. The molecular weight excluding hydrogens is 352 g/mol. The molecule has 0 N–H and O–H groups in total. The van der Waals surface area contributed by atoms with Crippen molar-refractivity contribution < 1.29 is 9.53 Å². The fraction of sp³-hybridized carbons (Fsp3) is 0.235. The third kappa shape index (κ3) is 2.99. The van der Waals surface area contributed by atoms with Gasteiger partial charge in [0.2, 0.25) is 0 Å². The Labute approximate surface area is 138 Å². The van der Waals surface area contributed by atoms with Crippen LogP contribution < -0.4 is 4.74 Å². The molecule has 2 aromatic rings. The van der Waals surface area contributed by atoms with Crippen LogP contribution in [-0.4, -0.2) is 12.9 Å². The van der Waals surface area contributed by atoms with Gasteiger partial charge in [0.15, 0.2) is 5.78 Å². The molecule has 0 saturated heterocycles. The van der Waals surface area contributed by atoms with Gasteiger partial charge in [-0.1, -0.05) is 27.5 Å². The SMILES string of the molecule is COc1c(C)cc(Br)c(C)c1C(=O)c1ccc(Cl)cc1C. The zero-order valence-corrected chi connectivity index (χ0v) is 14.7. The van der Waals surface area contributed by atoms with Crippen LogP contribution in [0.1, 0.15) is 32.6 Å². The maximum absolute atomic E-state index is 12.9. The van der Waals surface area contributed by atoms with Gasteiger partial charge in [-0.25, -0.2) is 0 Å². The van der Waals surface area contributed by atoms with E-state index < -0.39 is 0 Å². The van der Waals surface area contributed by atoms with E-state index >= 15 is 0 Å². The monoisotopic (exact) mass is 366 g/mol. The molecule has 0 aliphatic rings. The van der Waals surface area contributed by atoms with Gasteiger partial charge >= 0.3 is 0 Å². The number of ketones is 1. The van der Waals surface area contributed by atoms with Crippen molar-refractivity contribution in [2.24, 2.45) is 0 Å². The predicted octanol–water partition coefficient (Wildman–Crippen LogP) is 5.27. The van der Waals surface area contributed by atoms with Crippen LogP contribution in [0.25, 0.3) is 0 Å². The summed E-state index contributed by atoms with van der Waals surface area (Å²) in [5, 5.41) is 0.623. The quantitative estimate of drug-likeness (QED) is 0.691. The summed E-state index contributed by atoms with van der Waals surface area (Å²) in [6, 6.07) is 7.24. The Bertz CT molecular complexity index is 723. The number of hydrogen-bond donors (Lipinski definition) is 0. The highest BCUT2D eigenvalue weighted by Gasteiger charge is 2.22. The second-order valence-electron chi connectivity index (χ2n) is 5.00. The van der Waals surface area contributed by atoms with Gasteiger partial charge in [0.25, 0.3) is 0 Å². The first-order valence-corrected chi connectivity index (χ1v) is 7.68. The Hall–Kier alpha value is -1.32. The molecule has 0 radical (unpaired) electrons. The minimum Gasteiger partial charge on any atom is -0.496 e. The topological polar surface area (TPSA) is 26.3 Å². The van der Waals surface area contributed by atoms with E-state index in [2.05, 4.69) is 15.9 Å². The Morgan fingerprint density at radius 1 is 1.14 bits per heavy atom. The highest BCUT2D eigenvalue weighted by atomic mass is 79.9. The van der Waals surface area contributed by atoms with Gasteiger partial charge < -0.3 is 4.74 Å². The standard InChI is InChI=1S/C17H16BrClO2/c1-9-7-12(19)5-6-13(9)16(20)15-11(3)14(18)8-10(2)17(15)21-4/h5-8H,1-4H3. The smallest absolute Gasteiger partial charge is 0.197 e. The van der Waals surface area contributed by atoms with Crippen molar-refractivity contribution in [3.8, 4) is 5.75 Å². The molecule has 110 valence electrons. The first-order chi connectivity index (χ1) is 9.86. The molecule has 0 spiro atoms. The van der Waals surface area contributed by atoms with Gasteiger partial charge in [-0.05, 0) is 61.7 Å². The molecule has 0 amide bonds. The molecule has 0 aliphatic heterocycles. The second kappa shape index (κ2) is 6.20. The molecule has 0 bridgehead atoms. The maximum atomic E-state index is 12.9. The van der Waals surface area contributed by atoms with Crippen LogP contribution >= 0.6 is 27.5 Å². The Morgan fingerprint density at radius 2 is 1.81 bits per heavy atom. The molecule has 0 heterocycles. The van der Waals surface area contributed by atoms with Crippen LogP contribution in [-0.2, 0) is 0 Å². The van der Waals surface area contributed by atoms with Crippen molar-refractivity contribution in [2.75, 3.05) is 7.11 Å². The molecule has 0 saturated carbocycles. The first kappa shape index (κ1) is 16.1. The van der Waals surface area contributed by atoms with Gasteiger partial charge in [-0.2, -0.15) is 0 Å². The fourth-order valence-corrected chi connectivity index (χ4v) is 3.17. The zero-order valence-electron chi connectivity index (χ0n) is 12.4. The van der Waals surface area contributed by atoms with E-state index in [-0.39, 0.29) is 5.78 Å². The lowest BCUT2D eigenvalue weighted by Crippen LogP contribution is -2.09. The number of aryl methyl sites for hydroxylation is 2. The van der Waals surface area contributed by atoms with E-state index in [1.807, 2.05) is 26.8 Å². The number of rotatable bonds is 3. The molecule has 0 unspecified atom stereocenters. The lowest BCUT2D eigenvalue weighted by molar-refractivity contribution is 0.103. The number of carbonyl (C=O) groups excluding carboxylic acids is 1. The first-order valence-electron chi connectivity index (χ1n) is 6.51. The number of ether oxygens (including phenoxy) is 1. The fourth-order valence-electron chi connectivity index (χ4n) is 2.40. The minimum atomic E-state index is -0.0529. The van der Waals surface area contributed by atoms with Crippen LogP contribution in [0.5, 0.6) is 5.75 Å². The van der Waals surface area contributed by atoms with Gasteiger partial charge in [-0.15, -0.1) is 0 Å².